The molecule has 2 aromatic rings. The van der Waals surface area contributed by atoms with E-state index >= 15 is 0 Å². The largest absolute Gasteiger partial charge is 0.433 e. The summed E-state index contributed by atoms with van der Waals surface area (Å²) in [5.74, 6) is 0. The van der Waals surface area contributed by atoms with Crippen LogP contribution < -0.4 is 0 Å². The first kappa shape index (κ1) is 18.1. The number of alkyl halides is 9. The number of hydrogen-bond acceptors (Lipinski definition) is 1. The molecule has 0 saturated carbocycles. The highest BCUT2D eigenvalue weighted by Crippen LogP contribution is 2.37. The minimum absolute atomic E-state index is 0.235. The van der Waals surface area contributed by atoms with Gasteiger partial charge in [0.1, 0.15) is 11.4 Å². The number of pyridine rings is 1. The van der Waals surface area contributed by atoms with Gasteiger partial charge in [-0.25, -0.2) is 4.98 Å². The van der Waals surface area contributed by atoms with E-state index in [1.807, 2.05) is 0 Å². The Bertz CT molecular complexity index is 692. The van der Waals surface area contributed by atoms with Gasteiger partial charge in [-0.3, -0.25) is 0 Å². The van der Waals surface area contributed by atoms with E-state index in [0.29, 0.717) is 24.3 Å². The first-order valence-corrected chi connectivity index (χ1v) is 6.12. The number of rotatable bonds is 1. The summed E-state index contributed by atoms with van der Waals surface area (Å²) in [4.78, 5) is 2.53. The lowest BCUT2D eigenvalue weighted by Crippen LogP contribution is -2.15. The number of nitrogens with zero attached hydrogens (tertiary/aromatic N) is 1. The average Bonchev–Trinajstić information content (AvgIpc) is 2.44. The number of halogens is 9. The van der Waals surface area contributed by atoms with Crippen molar-refractivity contribution < 1.29 is 39.5 Å². The summed E-state index contributed by atoms with van der Waals surface area (Å²) in [5.41, 5.74) is -5.42. The molecule has 24 heavy (non-hydrogen) atoms. The highest BCUT2D eigenvalue weighted by Gasteiger charge is 2.39. The maximum atomic E-state index is 12.7. The van der Waals surface area contributed by atoms with Gasteiger partial charge in [0.2, 0.25) is 0 Å². The SMILES string of the molecule is FC(F)(F)c1ccc(-c2cc(C(F)(F)F)nc(C(F)(F)F)c2)cc1. The van der Waals surface area contributed by atoms with Crippen LogP contribution in [0.4, 0.5) is 39.5 Å². The maximum absolute atomic E-state index is 12.7. The lowest BCUT2D eigenvalue weighted by molar-refractivity contribution is -0.150. The Labute approximate surface area is 128 Å². The van der Waals surface area contributed by atoms with Crippen molar-refractivity contribution in [1.82, 2.24) is 4.98 Å². The van der Waals surface area contributed by atoms with Crippen LogP contribution in [0.3, 0.4) is 0 Å². The minimum atomic E-state index is -5.14. The van der Waals surface area contributed by atoms with Gasteiger partial charge in [0.05, 0.1) is 5.56 Å². The average molecular weight is 359 g/mol. The minimum Gasteiger partial charge on any atom is -0.239 e. The second kappa shape index (κ2) is 5.67. The maximum Gasteiger partial charge on any atom is 0.433 e. The molecular formula is C14H6F9N. The molecule has 1 nitrogen and oxygen atoms in total. The van der Waals surface area contributed by atoms with Gasteiger partial charge in [-0.1, -0.05) is 12.1 Å². The molecule has 0 aliphatic carbocycles. The molecule has 0 aliphatic rings. The monoisotopic (exact) mass is 359 g/mol. The molecule has 0 saturated heterocycles. The quantitative estimate of drug-likeness (QED) is 0.586. The van der Waals surface area contributed by atoms with E-state index in [1.165, 1.54) is 0 Å². The van der Waals surface area contributed by atoms with Crippen LogP contribution in [-0.4, -0.2) is 4.98 Å². The fourth-order valence-electron chi connectivity index (χ4n) is 1.84. The molecule has 2 rings (SSSR count). The van der Waals surface area contributed by atoms with Crippen molar-refractivity contribution in [2.45, 2.75) is 18.5 Å². The van der Waals surface area contributed by atoms with E-state index in [1.54, 1.807) is 0 Å². The summed E-state index contributed by atoms with van der Waals surface area (Å²) in [6.45, 7) is 0. The molecule has 0 unspecified atom stereocenters. The van der Waals surface area contributed by atoms with Crippen LogP contribution in [0.5, 0.6) is 0 Å². The smallest absolute Gasteiger partial charge is 0.239 e. The molecule has 0 aliphatic heterocycles. The molecule has 130 valence electrons. The van der Waals surface area contributed by atoms with E-state index in [4.69, 9.17) is 0 Å². The Morgan fingerprint density at radius 3 is 1.29 bits per heavy atom. The van der Waals surface area contributed by atoms with Crippen LogP contribution in [0.2, 0.25) is 0 Å². The van der Waals surface area contributed by atoms with Gasteiger partial charge >= 0.3 is 18.5 Å². The fraction of sp³-hybridized carbons (Fsp3) is 0.214. The second-order valence-electron chi connectivity index (χ2n) is 4.70. The van der Waals surface area contributed by atoms with Crippen molar-refractivity contribution in [2.75, 3.05) is 0 Å². The van der Waals surface area contributed by atoms with Crippen molar-refractivity contribution in [1.29, 1.82) is 0 Å². The van der Waals surface area contributed by atoms with Crippen LogP contribution >= 0.6 is 0 Å². The van der Waals surface area contributed by atoms with E-state index < -0.39 is 41.0 Å². The summed E-state index contributed by atoms with van der Waals surface area (Å²) in [7, 11) is 0. The van der Waals surface area contributed by atoms with Crippen molar-refractivity contribution >= 4 is 0 Å². The Morgan fingerprint density at radius 1 is 0.542 bits per heavy atom. The first-order chi connectivity index (χ1) is 10.8. The molecule has 0 bridgehead atoms. The topological polar surface area (TPSA) is 12.9 Å². The lowest BCUT2D eigenvalue weighted by atomic mass is 10.0. The van der Waals surface area contributed by atoms with E-state index in [9.17, 15) is 39.5 Å². The highest BCUT2D eigenvalue weighted by molar-refractivity contribution is 5.65. The van der Waals surface area contributed by atoms with Crippen molar-refractivity contribution in [3.63, 3.8) is 0 Å². The third kappa shape index (κ3) is 3.98. The number of aromatic nitrogens is 1. The van der Waals surface area contributed by atoms with Crippen molar-refractivity contribution in [2.24, 2.45) is 0 Å². The summed E-state index contributed by atoms with van der Waals surface area (Å²) in [5, 5.41) is 0. The molecule has 0 fully saturated rings. The third-order valence-corrected chi connectivity index (χ3v) is 2.95. The summed E-state index contributed by atoms with van der Waals surface area (Å²) >= 11 is 0. The van der Waals surface area contributed by atoms with Crippen LogP contribution in [0.15, 0.2) is 36.4 Å². The third-order valence-electron chi connectivity index (χ3n) is 2.95. The standard InChI is InChI=1S/C14H6F9N/c15-12(16,17)9-3-1-7(2-4-9)8-5-10(13(18,19)20)24-11(6-8)14(21,22)23/h1-6H. The van der Waals surface area contributed by atoms with E-state index in [0.717, 1.165) is 12.1 Å². The molecule has 1 heterocycles. The molecule has 0 radical (unpaired) electrons. The van der Waals surface area contributed by atoms with Crippen molar-refractivity contribution in [3.8, 4) is 11.1 Å². The molecular weight excluding hydrogens is 353 g/mol. The summed E-state index contributed by atoms with van der Waals surface area (Å²) in [6.07, 6.45) is -14.9. The van der Waals surface area contributed by atoms with Gasteiger partial charge < -0.3 is 0 Å². The molecule has 0 atom stereocenters. The summed E-state index contributed by atoms with van der Waals surface area (Å²) < 4.78 is 114. The predicted molar refractivity (Wildman–Crippen MR) is 64.7 cm³/mol. The normalized spacial score (nSPS) is 13.2. The van der Waals surface area contributed by atoms with Gasteiger partial charge in [0.15, 0.2) is 0 Å². The zero-order valence-corrected chi connectivity index (χ0v) is 11.3. The van der Waals surface area contributed by atoms with Crippen molar-refractivity contribution in [3.05, 3.63) is 53.3 Å². The molecule has 0 N–H and O–H groups in total. The zero-order valence-electron chi connectivity index (χ0n) is 11.3. The second-order valence-corrected chi connectivity index (χ2v) is 4.70. The Kier molecular flexibility index (Phi) is 4.28. The number of hydrogen-bond donors (Lipinski definition) is 0. The Balaban J connectivity index is 2.57. The van der Waals surface area contributed by atoms with Gasteiger partial charge in [-0.15, -0.1) is 0 Å². The van der Waals surface area contributed by atoms with Gasteiger partial charge in [-0.05, 0) is 35.4 Å². The predicted octanol–water partition coefficient (Wildman–Crippen LogP) is 5.81. The highest BCUT2D eigenvalue weighted by atomic mass is 19.4. The van der Waals surface area contributed by atoms with Gasteiger partial charge in [-0.2, -0.15) is 39.5 Å². The van der Waals surface area contributed by atoms with Crippen LogP contribution in [0.1, 0.15) is 17.0 Å². The lowest BCUT2D eigenvalue weighted by Gasteiger charge is -2.14. The van der Waals surface area contributed by atoms with Crippen LogP contribution in [-0.2, 0) is 18.5 Å². The summed E-state index contributed by atoms with van der Waals surface area (Å²) in [6, 6.07) is 3.40. The van der Waals surface area contributed by atoms with Gasteiger partial charge in [0, 0.05) is 0 Å². The zero-order chi connectivity index (χ0) is 18.3. The molecule has 0 spiro atoms. The molecule has 1 aromatic heterocycles. The van der Waals surface area contributed by atoms with E-state index in [-0.39, 0.29) is 5.56 Å². The molecule has 1 aromatic carbocycles. The van der Waals surface area contributed by atoms with E-state index in [2.05, 4.69) is 4.98 Å². The number of benzene rings is 1. The fourth-order valence-corrected chi connectivity index (χ4v) is 1.84. The van der Waals surface area contributed by atoms with Gasteiger partial charge in [0.25, 0.3) is 0 Å². The Morgan fingerprint density at radius 2 is 0.958 bits per heavy atom. The van der Waals surface area contributed by atoms with Crippen LogP contribution in [0.25, 0.3) is 11.1 Å². The Hall–Kier alpha value is -2.26. The molecule has 0 amide bonds. The first-order valence-electron chi connectivity index (χ1n) is 6.12. The van der Waals surface area contributed by atoms with Crippen LogP contribution in [0, 0.1) is 0 Å². The molecule has 10 heteroatoms.